The van der Waals surface area contributed by atoms with Crippen LogP contribution in [0.2, 0.25) is 0 Å². The monoisotopic (exact) mass is 402 g/mol. The average Bonchev–Trinajstić information content (AvgIpc) is 3.06. The minimum absolute atomic E-state index is 0. The van der Waals surface area contributed by atoms with E-state index in [0.29, 0.717) is 37.3 Å². The number of ketones is 1. The highest BCUT2D eigenvalue weighted by atomic mass is 35.5. The zero-order chi connectivity index (χ0) is 18.8. The molecule has 0 aliphatic heterocycles. The van der Waals surface area contributed by atoms with Gasteiger partial charge >= 0.3 is 0 Å². The minimum atomic E-state index is -0.0162. The number of aliphatic hydroxyl groups is 2. The van der Waals surface area contributed by atoms with Crippen molar-refractivity contribution in [2.24, 2.45) is 0 Å². The summed E-state index contributed by atoms with van der Waals surface area (Å²) in [6, 6.07) is 11.4. The Balaban J connectivity index is 0.00000225. The van der Waals surface area contributed by atoms with E-state index in [9.17, 15) is 9.90 Å². The second-order valence-electron chi connectivity index (χ2n) is 6.45. The summed E-state index contributed by atoms with van der Waals surface area (Å²) in [7, 11) is 0. The number of aliphatic hydroxyl groups excluding tert-OH is 2. The summed E-state index contributed by atoms with van der Waals surface area (Å²) in [5, 5.41) is 30.2. The van der Waals surface area contributed by atoms with Crippen LogP contribution in [0.4, 0.5) is 5.69 Å². The van der Waals surface area contributed by atoms with Crippen molar-refractivity contribution in [3.63, 3.8) is 0 Å². The fraction of sp³-hybridized carbons (Fsp3) is 0.300. The molecule has 4 N–H and O–H groups in total. The van der Waals surface area contributed by atoms with Crippen LogP contribution in [0.1, 0.15) is 15.9 Å². The smallest absolute Gasteiger partial charge is 0.196 e. The number of hydrogen-bond acceptors (Lipinski definition) is 6. The van der Waals surface area contributed by atoms with E-state index in [1.165, 1.54) is 0 Å². The lowest BCUT2D eigenvalue weighted by molar-refractivity contribution is 0.104. The molecule has 0 bridgehead atoms. The largest absolute Gasteiger partial charge is 0.395 e. The molecule has 0 spiro atoms. The van der Waals surface area contributed by atoms with Gasteiger partial charge in [-0.25, -0.2) is 0 Å². The zero-order valence-electron chi connectivity index (χ0n) is 15.3. The van der Waals surface area contributed by atoms with E-state index in [1.807, 2.05) is 36.4 Å². The first-order chi connectivity index (χ1) is 13.3. The van der Waals surface area contributed by atoms with Crippen LogP contribution in [-0.2, 0) is 6.54 Å². The highest BCUT2D eigenvalue weighted by Gasteiger charge is 2.30. The Morgan fingerprint density at radius 3 is 2.50 bits per heavy atom. The van der Waals surface area contributed by atoms with Gasteiger partial charge in [-0.2, -0.15) is 5.10 Å². The molecular formula is C20H23ClN4O3. The molecule has 1 aliphatic rings. The summed E-state index contributed by atoms with van der Waals surface area (Å²) >= 11 is 0. The van der Waals surface area contributed by atoms with Crippen molar-refractivity contribution < 1.29 is 15.0 Å². The number of carbonyl (C=O) groups is 1. The molecule has 4 rings (SSSR count). The molecule has 0 amide bonds. The molecule has 1 aliphatic carbocycles. The molecule has 1 heterocycles. The fourth-order valence-corrected chi connectivity index (χ4v) is 3.62. The van der Waals surface area contributed by atoms with E-state index < -0.39 is 0 Å². The average molecular weight is 403 g/mol. The fourth-order valence-electron chi connectivity index (χ4n) is 3.62. The predicted octanol–water partition coefficient (Wildman–Crippen LogP) is 1.66. The van der Waals surface area contributed by atoms with Crippen LogP contribution in [0.5, 0.6) is 0 Å². The molecule has 0 atom stereocenters. The topological polar surface area (TPSA) is 99.4 Å². The third-order valence-corrected chi connectivity index (χ3v) is 4.79. The molecule has 2 aromatic carbocycles. The molecule has 3 aromatic rings. The van der Waals surface area contributed by atoms with Gasteiger partial charge in [-0.3, -0.25) is 9.48 Å². The van der Waals surface area contributed by atoms with E-state index in [4.69, 9.17) is 5.11 Å². The maximum absolute atomic E-state index is 13.2. The molecule has 28 heavy (non-hydrogen) atoms. The lowest BCUT2D eigenvalue weighted by Crippen LogP contribution is -2.25. The Morgan fingerprint density at radius 1 is 0.964 bits per heavy atom. The Kier molecular flexibility index (Phi) is 6.31. The van der Waals surface area contributed by atoms with Gasteiger partial charge in [0.2, 0.25) is 0 Å². The summed E-state index contributed by atoms with van der Waals surface area (Å²) in [6.45, 7) is 2.31. The first-order valence-corrected chi connectivity index (χ1v) is 9.10. The van der Waals surface area contributed by atoms with Crippen LogP contribution in [0.15, 0.2) is 36.4 Å². The number of halogens is 1. The molecule has 0 saturated carbocycles. The SMILES string of the molecule is Cl.O=C1c2ccccc2-c2nn(CCO)c3ccc(NCCNCCO)c1c23. The van der Waals surface area contributed by atoms with Gasteiger partial charge in [0, 0.05) is 41.8 Å². The zero-order valence-corrected chi connectivity index (χ0v) is 16.1. The van der Waals surface area contributed by atoms with Gasteiger partial charge in [-0.1, -0.05) is 24.3 Å². The Bertz CT molecular complexity index is 1000. The Hall–Kier alpha value is -2.45. The van der Waals surface area contributed by atoms with Crippen LogP contribution in [-0.4, -0.2) is 58.6 Å². The highest BCUT2D eigenvalue weighted by Crippen LogP contribution is 2.41. The molecule has 0 unspecified atom stereocenters. The van der Waals surface area contributed by atoms with Gasteiger partial charge < -0.3 is 20.8 Å². The molecule has 0 fully saturated rings. The molecule has 8 heteroatoms. The Morgan fingerprint density at radius 2 is 1.75 bits per heavy atom. The normalized spacial score (nSPS) is 12.0. The van der Waals surface area contributed by atoms with E-state index in [0.717, 1.165) is 27.8 Å². The van der Waals surface area contributed by atoms with Crippen LogP contribution in [0, 0.1) is 0 Å². The third-order valence-electron chi connectivity index (χ3n) is 4.79. The van der Waals surface area contributed by atoms with Gasteiger partial charge in [-0.15, -0.1) is 12.4 Å². The number of anilines is 1. The quantitative estimate of drug-likeness (QED) is 0.334. The van der Waals surface area contributed by atoms with Crippen molar-refractivity contribution in [1.29, 1.82) is 0 Å². The predicted molar refractivity (Wildman–Crippen MR) is 111 cm³/mol. The van der Waals surface area contributed by atoms with Gasteiger partial charge in [0.15, 0.2) is 5.78 Å². The van der Waals surface area contributed by atoms with Gasteiger partial charge in [0.1, 0.15) is 5.69 Å². The first-order valence-electron chi connectivity index (χ1n) is 9.10. The number of fused-ring (bicyclic) bond motifs is 2. The van der Waals surface area contributed by atoms with Crippen molar-refractivity contribution >= 4 is 34.8 Å². The van der Waals surface area contributed by atoms with E-state index in [-0.39, 0.29) is 31.4 Å². The lowest BCUT2D eigenvalue weighted by atomic mass is 9.86. The van der Waals surface area contributed by atoms with E-state index in [2.05, 4.69) is 15.7 Å². The maximum atomic E-state index is 13.2. The number of nitrogens with zero attached hydrogens (tertiary/aromatic N) is 2. The first kappa shape index (κ1) is 20.3. The maximum Gasteiger partial charge on any atom is 0.196 e. The van der Waals surface area contributed by atoms with Crippen LogP contribution < -0.4 is 10.6 Å². The summed E-state index contributed by atoms with van der Waals surface area (Å²) in [5.41, 5.74) is 4.52. The van der Waals surface area contributed by atoms with Crippen LogP contribution in [0.3, 0.4) is 0 Å². The third kappa shape index (κ3) is 3.38. The van der Waals surface area contributed by atoms with Gasteiger partial charge in [-0.05, 0) is 12.1 Å². The number of carbonyl (C=O) groups excluding carboxylic acids is 1. The molecule has 148 valence electrons. The van der Waals surface area contributed by atoms with E-state index in [1.54, 1.807) is 4.68 Å². The highest BCUT2D eigenvalue weighted by molar-refractivity contribution is 6.27. The number of benzene rings is 2. The number of rotatable bonds is 8. The van der Waals surface area contributed by atoms with Crippen molar-refractivity contribution in [2.45, 2.75) is 6.54 Å². The standard InChI is InChI=1S/C20H22N4O3.ClH/c25-11-9-21-7-8-22-15-5-6-16-18-17(15)20(27)14-4-2-1-3-13(14)19(18)23-24(16)10-12-26;/h1-6,21-22,25-26H,7-12H2;1H. The van der Waals surface area contributed by atoms with Crippen molar-refractivity contribution in [1.82, 2.24) is 15.1 Å². The van der Waals surface area contributed by atoms with E-state index >= 15 is 0 Å². The van der Waals surface area contributed by atoms with Gasteiger partial charge in [0.25, 0.3) is 0 Å². The van der Waals surface area contributed by atoms with Crippen molar-refractivity contribution in [2.75, 3.05) is 38.2 Å². The van der Waals surface area contributed by atoms with Crippen molar-refractivity contribution in [3.05, 3.63) is 47.5 Å². The summed E-state index contributed by atoms with van der Waals surface area (Å²) < 4.78 is 1.76. The second kappa shape index (κ2) is 8.70. The molecule has 1 aromatic heterocycles. The Labute approximate surface area is 168 Å². The lowest BCUT2D eigenvalue weighted by Gasteiger charge is -2.18. The van der Waals surface area contributed by atoms with Crippen LogP contribution in [0.25, 0.3) is 22.2 Å². The summed E-state index contributed by atoms with van der Waals surface area (Å²) in [4.78, 5) is 13.2. The summed E-state index contributed by atoms with van der Waals surface area (Å²) in [6.07, 6.45) is 0. The number of nitrogens with one attached hydrogen (secondary N) is 2. The summed E-state index contributed by atoms with van der Waals surface area (Å²) in [5.74, 6) is -0.0157. The molecule has 7 nitrogen and oxygen atoms in total. The second-order valence-corrected chi connectivity index (χ2v) is 6.45. The minimum Gasteiger partial charge on any atom is -0.395 e. The van der Waals surface area contributed by atoms with Gasteiger partial charge in [0.05, 0.1) is 30.8 Å². The number of aromatic nitrogens is 2. The van der Waals surface area contributed by atoms with Crippen molar-refractivity contribution in [3.8, 4) is 11.3 Å². The molecular weight excluding hydrogens is 380 g/mol. The molecule has 0 saturated heterocycles. The molecule has 0 radical (unpaired) electrons. The van der Waals surface area contributed by atoms with Crippen LogP contribution >= 0.6 is 12.4 Å². The number of hydrogen-bond donors (Lipinski definition) is 4.